The number of hydrogen-bond donors (Lipinski definition) is 0. The Kier molecular flexibility index (Phi) is 5.86. The van der Waals surface area contributed by atoms with Gasteiger partial charge in [-0.1, -0.05) is 15.9 Å². The first-order valence-electron chi connectivity index (χ1n) is 8.49. The van der Waals surface area contributed by atoms with Gasteiger partial charge in [-0.25, -0.2) is 8.42 Å². The Balaban J connectivity index is 1.45. The molecule has 0 aromatic heterocycles. The largest absolute Gasteiger partial charge is 0.484 e. The summed E-state index contributed by atoms with van der Waals surface area (Å²) in [4.78, 5) is 28.0. The van der Waals surface area contributed by atoms with E-state index in [0.29, 0.717) is 38.3 Å². The van der Waals surface area contributed by atoms with Crippen molar-refractivity contribution < 1.29 is 22.7 Å². The molecule has 2 aliphatic rings. The summed E-state index contributed by atoms with van der Waals surface area (Å²) in [6, 6.07) is 7.24. The summed E-state index contributed by atoms with van der Waals surface area (Å²) in [6.45, 7) is 1.69. The summed E-state index contributed by atoms with van der Waals surface area (Å²) >= 11 is 3.34. The van der Waals surface area contributed by atoms with Crippen molar-refractivity contribution >= 4 is 37.6 Å². The van der Waals surface area contributed by atoms with Gasteiger partial charge in [0.25, 0.3) is 5.91 Å². The maximum Gasteiger partial charge on any atom is 0.260 e. The Morgan fingerprint density at radius 2 is 1.69 bits per heavy atom. The zero-order chi connectivity index (χ0) is 18.7. The second-order valence-electron chi connectivity index (χ2n) is 6.55. The normalized spacial score (nSPS) is 22.3. The van der Waals surface area contributed by atoms with Crippen LogP contribution in [-0.2, 0) is 19.4 Å². The molecule has 0 saturated carbocycles. The average Bonchev–Trinajstić information content (AvgIpc) is 3.00. The first-order chi connectivity index (χ1) is 12.3. The highest BCUT2D eigenvalue weighted by Gasteiger charge is 2.36. The number of ether oxygens (including phenoxy) is 1. The second kappa shape index (κ2) is 7.96. The molecule has 0 aliphatic carbocycles. The van der Waals surface area contributed by atoms with Gasteiger partial charge in [-0.15, -0.1) is 0 Å². The molecule has 0 radical (unpaired) electrons. The quantitative estimate of drug-likeness (QED) is 0.689. The van der Waals surface area contributed by atoms with Crippen LogP contribution in [0.2, 0.25) is 0 Å². The van der Waals surface area contributed by atoms with Crippen molar-refractivity contribution in [3.8, 4) is 5.75 Å². The molecule has 2 fully saturated rings. The van der Waals surface area contributed by atoms with E-state index in [4.69, 9.17) is 4.74 Å². The van der Waals surface area contributed by atoms with Crippen molar-refractivity contribution in [1.29, 1.82) is 0 Å². The van der Waals surface area contributed by atoms with Crippen LogP contribution in [0.1, 0.15) is 6.42 Å². The van der Waals surface area contributed by atoms with E-state index in [-0.39, 0.29) is 29.9 Å². The van der Waals surface area contributed by atoms with Crippen LogP contribution in [0.15, 0.2) is 28.7 Å². The number of halogens is 1. The van der Waals surface area contributed by atoms with Crippen molar-refractivity contribution in [3.63, 3.8) is 0 Å². The monoisotopic (exact) mass is 444 g/mol. The third-order valence-corrected chi connectivity index (χ3v) is 7.00. The third kappa shape index (κ3) is 4.76. The minimum absolute atomic E-state index is 0.0452. The second-order valence-corrected chi connectivity index (χ2v) is 9.69. The van der Waals surface area contributed by atoms with Gasteiger partial charge in [-0.3, -0.25) is 9.59 Å². The van der Waals surface area contributed by atoms with Gasteiger partial charge in [-0.2, -0.15) is 0 Å². The highest BCUT2D eigenvalue weighted by atomic mass is 79.9. The molecule has 3 rings (SSSR count). The van der Waals surface area contributed by atoms with Crippen LogP contribution in [0.5, 0.6) is 5.75 Å². The number of carbonyl (C=O) groups excluding carboxylic acids is 2. The van der Waals surface area contributed by atoms with Crippen molar-refractivity contribution in [2.75, 3.05) is 44.3 Å². The Bertz CT molecular complexity index is 773. The van der Waals surface area contributed by atoms with Gasteiger partial charge in [0.05, 0.1) is 17.4 Å². The zero-order valence-corrected chi connectivity index (χ0v) is 16.7. The van der Waals surface area contributed by atoms with Crippen LogP contribution >= 0.6 is 15.9 Å². The van der Waals surface area contributed by atoms with Crippen molar-refractivity contribution in [2.45, 2.75) is 6.42 Å². The molecule has 142 valence electrons. The van der Waals surface area contributed by atoms with Crippen molar-refractivity contribution in [1.82, 2.24) is 9.80 Å². The highest BCUT2D eigenvalue weighted by molar-refractivity contribution is 9.10. The molecule has 1 aromatic carbocycles. The molecule has 1 atom stereocenters. The Morgan fingerprint density at radius 1 is 1.08 bits per heavy atom. The van der Waals surface area contributed by atoms with E-state index in [0.717, 1.165) is 4.47 Å². The number of benzene rings is 1. The fourth-order valence-electron chi connectivity index (χ4n) is 3.19. The van der Waals surface area contributed by atoms with E-state index in [9.17, 15) is 18.0 Å². The maximum atomic E-state index is 12.4. The number of nitrogens with zero attached hydrogens (tertiary/aromatic N) is 2. The molecule has 2 amide bonds. The van der Waals surface area contributed by atoms with E-state index in [1.165, 1.54) is 0 Å². The van der Waals surface area contributed by atoms with Crippen molar-refractivity contribution in [3.05, 3.63) is 28.7 Å². The van der Waals surface area contributed by atoms with E-state index >= 15 is 0 Å². The molecular formula is C17H21BrN2O5S. The maximum absolute atomic E-state index is 12.4. The highest BCUT2D eigenvalue weighted by Crippen LogP contribution is 2.21. The molecule has 0 bridgehead atoms. The Hall–Kier alpha value is -1.61. The number of hydrogen-bond acceptors (Lipinski definition) is 5. The summed E-state index contributed by atoms with van der Waals surface area (Å²) in [5.41, 5.74) is 0. The number of amides is 2. The predicted molar refractivity (Wildman–Crippen MR) is 99.6 cm³/mol. The first kappa shape index (κ1) is 19.2. The summed E-state index contributed by atoms with van der Waals surface area (Å²) in [5.74, 6) is 0.00916. The number of piperazine rings is 1. The third-order valence-electron chi connectivity index (χ3n) is 4.70. The Morgan fingerprint density at radius 3 is 2.27 bits per heavy atom. The van der Waals surface area contributed by atoms with Gasteiger partial charge in [0, 0.05) is 30.7 Å². The van der Waals surface area contributed by atoms with Crippen LogP contribution in [-0.4, -0.2) is 74.3 Å². The number of carbonyl (C=O) groups is 2. The lowest BCUT2D eigenvalue weighted by molar-refractivity contribution is -0.142. The molecule has 26 heavy (non-hydrogen) atoms. The van der Waals surface area contributed by atoms with E-state index < -0.39 is 15.8 Å². The fourth-order valence-corrected chi connectivity index (χ4v) is 5.19. The van der Waals surface area contributed by atoms with Gasteiger partial charge in [0.2, 0.25) is 5.91 Å². The molecule has 2 aliphatic heterocycles. The molecule has 0 spiro atoms. The zero-order valence-electron chi connectivity index (χ0n) is 14.3. The van der Waals surface area contributed by atoms with Gasteiger partial charge in [-0.05, 0) is 30.7 Å². The standard InChI is InChI=1S/C17H21BrN2O5S/c18-14-1-3-15(4-2-14)25-11-16(21)19-6-8-20(9-7-19)17(22)13-5-10-26(23,24)12-13/h1-4,13H,5-12H2/t13-/m1/s1. The molecule has 2 saturated heterocycles. The lowest BCUT2D eigenvalue weighted by Crippen LogP contribution is -2.53. The van der Waals surface area contributed by atoms with E-state index in [2.05, 4.69) is 15.9 Å². The smallest absolute Gasteiger partial charge is 0.260 e. The van der Waals surface area contributed by atoms with Crippen LogP contribution in [0.25, 0.3) is 0 Å². The lowest BCUT2D eigenvalue weighted by Gasteiger charge is -2.35. The van der Waals surface area contributed by atoms with Gasteiger partial charge in [0.15, 0.2) is 16.4 Å². The summed E-state index contributed by atoms with van der Waals surface area (Å²) in [6.07, 6.45) is 0.404. The molecular weight excluding hydrogens is 424 g/mol. The van der Waals surface area contributed by atoms with E-state index in [1.807, 2.05) is 12.1 Å². The minimum atomic E-state index is -3.07. The van der Waals surface area contributed by atoms with E-state index in [1.54, 1.807) is 21.9 Å². The first-order valence-corrected chi connectivity index (χ1v) is 11.1. The molecule has 9 heteroatoms. The van der Waals surface area contributed by atoms with Crippen molar-refractivity contribution in [2.24, 2.45) is 5.92 Å². The number of sulfone groups is 1. The average molecular weight is 445 g/mol. The summed E-state index contributed by atoms with van der Waals surface area (Å²) < 4.78 is 29.5. The molecule has 0 N–H and O–H groups in total. The summed E-state index contributed by atoms with van der Waals surface area (Å²) in [5, 5.41) is 0. The molecule has 2 heterocycles. The predicted octanol–water partition coefficient (Wildman–Crippen LogP) is 0.933. The summed E-state index contributed by atoms with van der Waals surface area (Å²) in [7, 11) is -3.07. The van der Waals surface area contributed by atoms with Crippen LogP contribution < -0.4 is 4.74 Å². The molecule has 1 aromatic rings. The van der Waals surface area contributed by atoms with Crippen LogP contribution in [0.4, 0.5) is 0 Å². The minimum Gasteiger partial charge on any atom is -0.484 e. The Labute approximate surface area is 161 Å². The van der Waals surface area contributed by atoms with Crippen LogP contribution in [0, 0.1) is 5.92 Å². The van der Waals surface area contributed by atoms with Crippen LogP contribution in [0.3, 0.4) is 0 Å². The van der Waals surface area contributed by atoms with Gasteiger partial charge >= 0.3 is 0 Å². The lowest BCUT2D eigenvalue weighted by atomic mass is 10.1. The molecule has 0 unspecified atom stereocenters. The topological polar surface area (TPSA) is 84.0 Å². The van der Waals surface area contributed by atoms with Gasteiger partial charge < -0.3 is 14.5 Å². The fraction of sp³-hybridized carbons (Fsp3) is 0.529. The SMILES string of the molecule is O=C(COc1ccc(Br)cc1)N1CCN(C(=O)[C@@H]2CCS(=O)(=O)C2)CC1. The number of rotatable bonds is 4. The van der Waals surface area contributed by atoms with Gasteiger partial charge in [0.1, 0.15) is 5.75 Å². The molecule has 7 nitrogen and oxygen atoms in total.